The molecule has 1 aromatic heterocycles. The summed E-state index contributed by atoms with van der Waals surface area (Å²) in [6, 6.07) is 10.1. The molecule has 3 amide bonds. The van der Waals surface area contributed by atoms with Crippen molar-refractivity contribution in [1.82, 2.24) is 15.3 Å². The predicted molar refractivity (Wildman–Crippen MR) is 95.4 cm³/mol. The number of hydrogen-bond acceptors (Lipinski definition) is 4. The van der Waals surface area contributed by atoms with E-state index >= 15 is 0 Å². The van der Waals surface area contributed by atoms with Crippen molar-refractivity contribution in [1.29, 1.82) is 0 Å². The average molecular weight is 379 g/mol. The van der Waals surface area contributed by atoms with Crippen LogP contribution in [-0.2, 0) is 4.79 Å². The number of thioether (sulfide) groups is 1. The Balaban J connectivity index is 1.53. The smallest absolute Gasteiger partial charge is 0.325 e. The first-order valence-electron chi connectivity index (χ1n) is 7.15. The number of hydrogen-bond donors (Lipinski definition) is 3. The largest absolute Gasteiger partial charge is 0.333 e. The summed E-state index contributed by atoms with van der Waals surface area (Å²) in [5.41, 5.74) is 1.48. The first-order chi connectivity index (χ1) is 12.0. The fraction of sp³-hybridized carbons (Fsp3) is 0.0625. The number of rotatable bonds is 4. The van der Waals surface area contributed by atoms with Crippen molar-refractivity contribution >= 4 is 52.0 Å². The van der Waals surface area contributed by atoms with Gasteiger partial charge in [0.2, 0.25) is 5.91 Å². The van der Waals surface area contributed by atoms with Gasteiger partial charge in [-0.3, -0.25) is 10.1 Å². The summed E-state index contributed by atoms with van der Waals surface area (Å²) in [4.78, 5) is 30.9. The summed E-state index contributed by atoms with van der Waals surface area (Å²) < 4.78 is 13.4. The van der Waals surface area contributed by atoms with Crippen LogP contribution >= 0.6 is 23.4 Å². The number of aromatic nitrogens is 2. The Hall–Kier alpha value is -2.58. The number of halogens is 2. The van der Waals surface area contributed by atoms with E-state index in [2.05, 4.69) is 20.6 Å². The van der Waals surface area contributed by atoms with Crippen LogP contribution in [0.1, 0.15) is 0 Å². The zero-order valence-electron chi connectivity index (χ0n) is 12.7. The third-order valence-electron chi connectivity index (χ3n) is 3.14. The average Bonchev–Trinajstić information content (AvgIpc) is 2.97. The highest BCUT2D eigenvalue weighted by molar-refractivity contribution is 7.99. The fourth-order valence-corrected chi connectivity index (χ4v) is 2.90. The van der Waals surface area contributed by atoms with E-state index in [9.17, 15) is 14.0 Å². The van der Waals surface area contributed by atoms with Gasteiger partial charge in [-0.2, -0.15) is 0 Å². The molecule has 3 N–H and O–H groups in total. The van der Waals surface area contributed by atoms with Crippen LogP contribution in [0.15, 0.2) is 47.6 Å². The van der Waals surface area contributed by atoms with Gasteiger partial charge >= 0.3 is 6.03 Å². The van der Waals surface area contributed by atoms with E-state index in [1.54, 1.807) is 24.3 Å². The Morgan fingerprint density at radius 1 is 1.24 bits per heavy atom. The lowest BCUT2D eigenvalue weighted by molar-refractivity contribution is -0.117. The van der Waals surface area contributed by atoms with Gasteiger partial charge in [-0.1, -0.05) is 35.5 Å². The number of anilines is 1. The summed E-state index contributed by atoms with van der Waals surface area (Å²) in [5, 5.41) is 5.51. The molecule has 0 saturated heterocycles. The van der Waals surface area contributed by atoms with E-state index in [0.29, 0.717) is 10.2 Å². The molecular formula is C16H12ClFN4O2S. The molecule has 2 aromatic carbocycles. The SMILES string of the molecule is O=C(CSc1nc2ccc(Cl)cc2[nH]1)NC(=O)Nc1ccccc1F. The summed E-state index contributed by atoms with van der Waals surface area (Å²) in [6.45, 7) is 0. The Morgan fingerprint density at radius 2 is 2.04 bits per heavy atom. The molecule has 25 heavy (non-hydrogen) atoms. The molecule has 0 radical (unpaired) electrons. The number of carbonyl (C=O) groups excluding carboxylic acids is 2. The lowest BCUT2D eigenvalue weighted by Gasteiger charge is -2.06. The molecule has 1 heterocycles. The monoisotopic (exact) mass is 378 g/mol. The number of benzene rings is 2. The molecule has 0 aliphatic carbocycles. The second-order valence-electron chi connectivity index (χ2n) is 4.97. The highest BCUT2D eigenvalue weighted by Gasteiger charge is 2.12. The minimum absolute atomic E-state index is 0.00499. The molecule has 9 heteroatoms. The number of carbonyl (C=O) groups is 2. The van der Waals surface area contributed by atoms with Gasteiger partial charge in [-0.05, 0) is 30.3 Å². The standard InChI is InChI=1S/C16H12ClFN4O2S/c17-9-5-6-12-13(7-9)21-16(20-12)25-8-14(23)22-15(24)19-11-4-2-1-3-10(11)18/h1-7H,8H2,(H,20,21)(H2,19,22,23,24). The normalized spacial score (nSPS) is 10.6. The quantitative estimate of drug-likeness (QED) is 0.603. The van der Waals surface area contributed by atoms with Gasteiger partial charge in [0, 0.05) is 5.02 Å². The van der Waals surface area contributed by atoms with Crippen LogP contribution in [-0.4, -0.2) is 27.7 Å². The van der Waals surface area contributed by atoms with Crippen LogP contribution < -0.4 is 10.6 Å². The van der Waals surface area contributed by atoms with Crippen molar-refractivity contribution in [3.63, 3.8) is 0 Å². The summed E-state index contributed by atoms with van der Waals surface area (Å²) >= 11 is 7.04. The maximum Gasteiger partial charge on any atom is 0.325 e. The lowest BCUT2D eigenvalue weighted by Crippen LogP contribution is -2.35. The van der Waals surface area contributed by atoms with E-state index in [-0.39, 0.29) is 11.4 Å². The molecule has 0 aliphatic rings. The maximum atomic E-state index is 13.4. The second kappa shape index (κ2) is 7.54. The Kier molecular flexibility index (Phi) is 5.20. The van der Waals surface area contributed by atoms with Gasteiger partial charge in [-0.15, -0.1) is 0 Å². The van der Waals surface area contributed by atoms with Crippen molar-refractivity contribution in [3.05, 3.63) is 53.3 Å². The molecule has 3 rings (SSSR count). The zero-order chi connectivity index (χ0) is 17.8. The van der Waals surface area contributed by atoms with Gasteiger partial charge in [0.05, 0.1) is 22.5 Å². The van der Waals surface area contributed by atoms with Crippen LogP contribution in [0.25, 0.3) is 11.0 Å². The molecule has 0 atom stereocenters. The molecule has 0 spiro atoms. The number of amides is 3. The second-order valence-corrected chi connectivity index (χ2v) is 6.37. The van der Waals surface area contributed by atoms with Crippen LogP contribution in [0.2, 0.25) is 5.02 Å². The summed E-state index contributed by atoms with van der Waals surface area (Å²) in [5.74, 6) is -1.14. The van der Waals surface area contributed by atoms with E-state index in [4.69, 9.17) is 11.6 Å². The van der Waals surface area contributed by atoms with Crippen molar-refractivity contribution in [2.24, 2.45) is 0 Å². The Morgan fingerprint density at radius 3 is 2.84 bits per heavy atom. The lowest BCUT2D eigenvalue weighted by atomic mass is 10.3. The van der Waals surface area contributed by atoms with Crippen molar-refractivity contribution in [2.75, 3.05) is 11.1 Å². The topological polar surface area (TPSA) is 86.9 Å². The van der Waals surface area contributed by atoms with Gasteiger partial charge < -0.3 is 10.3 Å². The molecular weight excluding hydrogens is 367 g/mol. The van der Waals surface area contributed by atoms with E-state index in [1.807, 2.05) is 0 Å². The predicted octanol–water partition coefficient (Wildman–Crippen LogP) is 3.80. The number of fused-ring (bicyclic) bond motifs is 1. The third kappa shape index (κ3) is 4.49. The third-order valence-corrected chi connectivity index (χ3v) is 4.25. The fourth-order valence-electron chi connectivity index (χ4n) is 2.04. The van der Waals surface area contributed by atoms with Crippen molar-refractivity contribution in [2.45, 2.75) is 5.16 Å². The van der Waals surface area contributed by atoms with E-state index in [1.165, 1.54) is 18.2 Å². The number of nitrogens with one attached hydrogen (secondary N) is 3. The minimum atomic E-state index is -0.799. The first kappa shape index (κ1) is 17.2. The summed E-state index contributed by atoms with van der Waals surface area (Å²) in [7, 11) is 0. The molecule has 3 aromatic rings. The van der Waals surface area contributed by atoms with Crippen LogP contribution in [0.4, 0.5) is 14.9 Å². The van der Waals surface area contributed by atoms with Crippen LogP contribution in [0, 0.1) is 5.82 Å². The number of urea groups is 1. The van der Waals surface area contributed by atoms with Gasteiger partial charge in [0.25, 0.3) is 0 Å². The van der Waals surface area contributed by atoms with Crippen LogP contribution in [0.5, 0.6) is 0 Å². The minimum Gasteiger partial charge on any atom is -0.333 e. The number of aromatic amines is 1. The molecule has 0 aliphatic heterocycles. The number of para-hydroxylation sites is 1. The Labute approximate surface area is 151 Å². The van der Waals surface area contributed by atoms with Crippen molar-refractivity contribution < 1.29 is 14.0 Å². The molecule has 128 valence electrons. The number of H-pyrrole nitrogens is 1. The molecule has 0 fully saturated rings. The number of imidazole rings is 1. The zero-order valence-corrected chi connectivity index (χ0v) is 14.2. The Bertz CT molecular complexity index is 947. The molecule has 0 bridgehead atoms. The van der Waals surface area contributed by atoms with Gasteiger partial charge in [0.1, 0.15) is 5.82 Å². The van der Waals surface area contributed by atoms with Crippen LogP contribution in [0.3, 0.4) is 0 Å². The van der Waals surface area contributed by atoms with Crippen molar-refractivity contribution in [3.8, 4) is 0 Å². The highest BCUT2D eigenvalue weighted by atomic mass is 35.5. The maximum absolute atomic E-state index is 13.4. The summed E-state index contributed by atoms with van der Waals surface area (Å²) in [6.07, 6.45) is 0. The van der Waals surface area contributed by atoms with Gasteiger partial charge in [-0.25, -0.2) is 14.2 Å². The number of imide groups is 1. The van der Waals surface area contributed by atoms with Gasteiger partial charge in [0.15, 0.2) is 5.16 Å². The first-order valence-corrected chi connectivity index (χ1v) is 8.51. The van der Waals surface area contributed by atoms with E-state index in [0.717, 1.165) is 22.8 Å². The number of nitrogens with zero attached hydrogens (tertiary/aromatic N) is 1. The molecule has 6 nitrogen and oxygen atoms in total. The molecule has 0 saturated carbocycles. The molecule has 0 unspecified atom stereocenters. The van der Waals surface area contributed by atoms with E-state index < -0.39 is 17.8 Å². The highest BCUT2D eigenvalue weighted by Crippen LogP contribution is 2.22.